The van der Waals surface area contributed by atoms with E-state index in [2.05, 4.69) is 67.4 Å². The van der Waals surface area contributed by atoms with Crippen LogP contribution in [0, 0.1) is 0 Å². The zero-order valence-electron chi connectivity index (χ0n) is 15.1. The molecule has 2 aromatic carbocycles. The number of fused-ring (bicyclic) bond motifs is 2. The van der Waals surface area contributed by atoms with E-state index in [0.717, 1.165) is 45.1 Å². The molecular formula is C21H25N5. The smallest absolute Gasteiger partial charge is 0.147 e. The van der Waals surface area contributed by atoms with Crippen molar-refractivity contribution >= 4 is 10.8 Å². The monoisotopic (exact) mass is 347 g/mol. The van der Waals surface area contributed by atoms with Gasteiger partial charge in [0, 0.05) is 32.1 Å². The van der Waals surface area contributed by atoms with E-state index in [0.29, 0.717) is 5.92 Å². The zero-order valence-corrected chi connectivity index (χ0v) is 15.1. The van der Waals surface area contributed by atoms with Gasteiger partial charge in [0.05, 0.1) is 6.54 Å². The van der Waals surface area contributed by atoms with Gasteiger partial charge in [0.2, 0.25) is 0 Å². The second-order valence-electron chi connectivity index (χ2n) is 7.52. The molecule has 1 atom stereocenters. The third kappa shape index (κ3) is 2.91. The van der Waals surface area contributed by atoms with Gasteiger partial charge in [0.15, 0.2) is 0 Å². The van der Waals surface area contributed by atoms with Crippen molar-refractivity contribution in [2.45, 2.75) is 38.4 Å². The molecule has 0 bridgehead atoms. The predicted molar refractivity (Wildman–Crippen MR) is 103 cm³/mol. The van der Waals surface area contributed by atoms with E-state index in [4.69, 9.17) is 0 Å². The van der Waals surface area contributed by atoms with Crippen LogP contribution < -0.4 is 5.32 Å². The SMILES string of the molecule is c1ccc2c(CN3CCn4c(nnc4C4CCCNC4)C3)cccc2c1. The van der Waals surface area contributed by atoms with Crippen LogP contribution in [0.15, 0.2) is 42.5 Å². The summed E-state index contributed by atoms with van der Waals surface area (Å²) >= 11 is 0. The largest absolute Gasteiger partial charge is 0.316 e. The molecule has 2 aliphatic rings. The van der Waals surface area contributed by atoms with Crippen molar-refractivity contribution in [1.29, 1.82) is 0 Å². The van der Waals surface area contributed by atoms with Crippen LogP contribution in [0.5, 0.6) is 0 Å². The van der Waals surface area contributed by atoms with Crippen LogP contribution in [0.3, 0.4) is 0 Å². The standard InChI is InChI=1S/C21H25N5/c1-2-9-19-16(5-1)6-3-7-18(19)14-25-11-12-26-20(15-25)23-24-21(26)17-8-4-10-22-13-17/h1-3,5-7,9,17,22H,4,8,10-15H2. The Morgan fingerprint density at radius 1 is 1.04 bits per heavy atom. The molecule has 0 aliphatic carbocycles. The van der Waals surface area contributed by atoms with Gasteiger partial charge < -0.3 is 9.88 Å². The highest BCUT2D eigenvalue weighted by molar-refractivity contribution is 5.85. The summed E-state index contributed by atoms with van der Waals surface area (Å²) in [4.78, 5) is 2.49. The molecule has 0 spiro atoms. The van der Waals surface area contributed by atoms with Crippen LogP contribution in [-0.4, -0.2) is 39.3 Å². The molecule has 0 saturated carbocycles. The number of piperidine rings is 1. The van der Waals surface area contributed by atoms with Gasteiger partial charge in [-0.2, -0.15) is 0 Å². The molecule has 3 aromatic rings. The Morgan fingerprint density at radius 2 is 1.96 bits per heavy atom. The van der Waals surface area contributed by atoms with Crippen molar-refractivity contribution in [3.05, 3.63) is 59.7 Å². The predicted octanol–water partition coefficient (Wildman–Crippen LogP) is 2.91. The van der Waals surface area contributed by atoms with Gasteiger partial charge in [-0.25, -0.2) is 0 Å². The van der Waals surface area contributed by atoms with E-state index in [1.54, 1.807) is 0 Å². The van der Waals surface area contributed by atoms with Crippen LogP contribution in [0.25, 0.3) is 10.8 Å². The number of hydrogen-bond donors (Lipinski definition) is 1. The molecule has 5 nitrogen and oxygen atoms in total. The molecule has 0 amide bonds. The molecule has 1 fully saturated rings. The number of hydrogen-bond acceptors (Lipinski definition) is 4. The minimum absolute atomic E-state index is 0.523. The van der Waals surface area contributed by atoms with Gasteiger partial charge in [0.25, 0.3) is 0 Å². The fourth-order valence-corrected chi connectivity index (χ4v) is 4.41. The number of nitrogens with one attached hydrogen (secondary N) is 1. The van der Waals surface area contributed by atoms with Crippen molar-refractivity contribution in [2.24, 2.45) is 0 Å². The third-order valence-electron chi connectivity index (χ3n) is 5.80. The Labute approximate surface area is 154 Å². The van der Waals surface area contributed by atoms with E-state index in [-0.39, 0.29) is 0 Å². The van der Waals surface area contributed by atoms with Crippen LogP contribution in [-0.2, 0) is 19.6 Å². The Balaban J connectivity index is 1.35. The molecule has 5 rings (SSSR count). The highest BCUT2D eigenvalue weighted by atomic mass is 15.3. The quantitative estimate of drug-likeness (QED) is 0.791. The number of rotatable bonds is 3. The molecule has 3 heterocycles. The molecule has 1 aromatic heterocycles. The van der Waals surface area contributed by atoms with E-state index < -0.39 is 0 Å². The highest BCUT2D eigenvalue weighted by Gasteiger charge is 2.26. The van der Waals surface area contributed by atoms with Crippen molar-refractivity contribution in [2.75, 3.05) is 19.6 Å². The van der Waals surface area contributed by atoms with Crippen molar-refractivity contribution < 1.29 is 0 Å². The van der Waals surface area contributed by atoms with E-state index in [1.165, 1.54) is 35.0 Å². The van der Waals surface area contributed by atoms with Gasteiger partial charge >= 0.3 is 0 Å². The maximum atomic E-state index is 4.56. The third-order valence-corrected chi connectivity index (χ3v) is 5.80. The topological polar surface area (TPSA) is 46.0 Å². The zero-order chi connectivity index (χ0) is 17.3. The van der Waals surface area contributed by atoms with Crippen molar-refractivity contribution in [3.8, 4) is 0 Å². The fourth-order valence-electron chi connectivity index (χ4n) is 4.41. The van der Waals surface area contributed by atoms with Gasteiger partial charge in [-0.05, 0) is 35.7 Å². The van der Waals surface area contributed by atoms with Crippen LogP contribution >= 0.6 is 0 Å². The summed E-state index contributed by atoms with van der Waals surface area (Å²) in [5.74, 6) is 2.84. The lowest BCUT2D eigenvalue weighted by Crippen LogP contribution is -2.36. The first kappa shape index (κ1) is 16.0. The Kier molecular flexibility index (Phi) is 4.19. The molecule has 26 heavy (non-hydrogen) atoms. The lowest BCUT2D eigenvalue weighted by Gasteiger charge is -2.30. The number of benzene rings is 2. The summed E-state index contributed by atoms with van der Waals surface area (Å²) < 4.78 is 2.37. The fraction of sp³-hybridized carbons (Fsp3) is 0.429. The summed E-state index contributed by atoms with van der Waals surface area (Å²) in [6.45, 7) is 6.08. The van der Waals surface area contributed by atoms with Crippen LogP contribution in [0.1, 0.15) is 36.0 Å². The normalized spacial score (nSPS) is 21.0. The Morgan fingerprint density at radius 3 is 2.88 bits per heavy atom. The molecule has 1 saturated heterocycles. The maximum Gasteiger partial charge on any atom is 0.147 e. The molecule has 134 valence electrons. The molecular weight excluding hydrogens is 322 g/mol. The minimum Gasteiger partial charge on any atom is -0.316 e. The summed E-state index contributed by atoms with van der Waals surface area (Å²) in [6.07, 6.45) is 2.46. The minimum atomic E-state index is 0.523. The van der Waals surface area contributed by atoms with Gasteiger partial charge in [-0.15, -0.1) is 10.2 Å². The molecule has 5 heteroatoms. The lowest BCUT2D eigenvalue weighted by molar-refractivity contribution is 0.206. The van der Waals surface area contributed by atoms with Gasteiger partial charge in [-0.1, -0.05) is 42.5 Å². The van der Waals surface area contributed by atoms with Crippen molar-refractivity contribution in [3.63, 3.8) is 0 Å². The molecule has 2 aliphatic heterocycles. The second-order valence-corrected chi connectivity index (χ2v) is 7.52. The number of nitrogens with zero attached hydrogens (tertiary/aromatic N) is 4. The molecule has 1 unspecified atom stereocenters. The Hall–Kier alpha value is -2.24. The summed E-state index contributed by atoms with van der Waals surface area (Å²) in [5.41, 5.74) is 1.40. The van der Waals surface area contributed by atoms with E-state index in [9.17, 15) is 0 Å². The van der Waals surface area contributed by atoms with Gasteiger partial charge in [0.1, 0.15) is 11.6 Å². The first-order valence-electron chi connectivity index (χ1n) is 9.70. The van der Waals surface area contributed by atoms with Crippen LogP contribution in [0.4, 0.5) is 0 Å². The summed E-state index contributed by atoms with van der Waals surface area (Å²) in [7, 11) is 0. The first-order valence-corrected chi connectivity index (χ1v) is 9.70. The van der Waals surface area contributed by atoms with Crippen LogP contribution in [0.2, 0.25) is 0 Å². The molecule has 0 radical (unpaired) electrons. The van der Waals surface area contributed by atoms with Gasteiger partial charge in [-0.3, -0.25) is 4.90 Å². The average molecular weight is 347 g/mol. The summed E-state index contributed by atoms with van der Waals surface area (Å²) in [5, 5.41) is 15.3. The first-order chi connectivity index (χ1) is 12.9. The lowest BCUT2D eigenvalue weighted by atomic mass is 9.98. The Bertz CT molecular complexity index is 904. The maximum absolute atomic E-state index is 4.56. The van der Waals surface area contributed by atoms with E-state index >= 15 is 0 Å². The van der Waals surface area contributed by atoms with E-state index in [1.807, 2.05) is 0 Å². The summed E-state index contributed by atoms with van der Waals surface area (Å²) in [6, 6.07) is 15.3. The average Bonchev–Trinajstić information content (AvgIpc) is 3.12. The highest BCUT2D eigenvalue weighted by Crippen LogP contribution is 2.26. The second kappa shape index (κ2) is 6.82. The number of aromatic nitrogens is 3. The van der Waals surface area contributed by atoms with Crippen molar-refractivity contribution in [1.82, 2.24) is 25.0 Å². The molecule has 1 N–H and O–H groups in total.